The maximum absolute atomic E-state index is 12.3. The Balaban J connectivity index is 1.30. The van der Waals surface area contributed by atoms with E-state index in [2.05, 4.69) is 11.4 Å². The second-order valence-corrected chi connectivity index (χ2v) is 7.48. The second kappa shape index (κ2) is 8.47. The lowest BCUT2D eigenvalue weighted by atomic mass is 9.88. The SMILES string of the molecule is O=C(COC(=O)c1ccc(N2CCCC2=O)cc1)N[C@H]1CCCc2ccccc21. The van der Waals surface area contributed by atoms with E-state index in [4.69, 9.17) is 4.74 Å². The van der Waals surface area contributed by atoms with Gasteiger partial charge in [-0.3, -0.25) is 9.59 Å². The van der Waals surface area contributed by atoms with Crippen LogP contribution in [0, 0.1) is 0 Å². The van der Waals surface area contributed by atoms with Crippen LogP contribution in [0.1, 0.15) is 53.2 Å². The fraction of sp³-hybridized carbons (Fsp3) is 0.348. The summed E-state index contributed by atoms with van der Waals surface area (Å²) in [5.41, 5.74) is 3.54. The lowest BCUT2D eigenvalue weighted by Crippen LogP contribution is -2.34. The molecule has 1 saturated heterocycles. The molecule has 0 aromatic heterocycles. The number of aryl methyl sites for hydroxylation is 1. The van der Waals surface area contributed by atoms with Crippen molar-refractivity contribution < 1.29 is 19.1 Å². The highest BCUT2D eigenvalue weighted by atomic mass is 16.5. The van der Waals surface area contributed by atoms with Crippen LogP contribution in [0.25, 0.3) is 0 Å². The quantitative estimate of drug-likeness (QED) is 0.793. The van der Waals surface area contributed by atoms with Crippen LogP contribution in [0.15, 0.2) is 48.5 Å². The second-order valence-electron chi connectivity index (χ2n) is 7.48. The van der Waals surface area contributed by atoms with E-state index >= 15 is 0 Å². The van der Waals surface area contributed by atoms with Gasteiger partial charge in [0, 0.05) is 18.7 Å². The average Bonchev–Trinajstić information content (AvgIpc) is 3.18. The van der Waals surface area contributed by atoms with Crippen molar-refractivity contribution in [2.75, 3.05) is 18.1 Å². The van der Waals surface area contributed by atoms with Gasteiger partial charge in [0.05, 0.1) is 11.6 Å². The first kappa shape index (κ1) is 19.2. The molecule has 6 heteroatoms. The number of esters is 1. The summed E-state index contributed by atoms with van der Waals surface area (Å²) in [5.74, 6) is -0.760. The number of amides is 2. The molecule has 2 amide bonds. The van der Waals surface area contributed by atoms with Gasteiger partial charge >= 0.3 is 5.97 Å². The molecule has 0 saturated carbocycles. The zero-order chi connectivity index (χ0) is 20.2. The molecule has 150 valence electrons. The molecular weight excluding hydrogens is 368 g/mol. The molecule has 0 radical (unpaired) electrons. The molecule has 29 heavy (non-hydrogen) atoms. The van der Waals surface area contributed by atoms with E-state index in [9.17, 15) is 14.4 Å². The van der Waals surface area contributed by atoms with Crippen molar-refractivity contribution in [2.24, 2.45) is 0 Å². The summed E-state index contributed by atoms with van der Waals surface area (Å²) >= 11 is 0. The highest BCUT2D eigenvalue weighted by Gasteiger charge is 2.23. The first-order chi connectivity index (χ1) is 14.1. The summed E-state index contributed by atoms with van der Waals surface area (Å²) in [7, 11) is 0. The van der Waals surface area contributed by atoms with Crippen LogP contribution >= 0.6 is 0 Å². The zero-order valence-electron chi connectivity index (χ0n) is 16.2. The Morgan fingerprint density at radius 1 is 1.03 bits per heavy atom. The van der Waals surface area contributed by atoms with Crippen molar-refractivity contribution in [3.8, 4) is 0 Å². The fourth-order valence-electron chi connectivity index (χ4n) is 4.05. The molecule has 2 aromatic rings. The number of carbonyl (C=O) groups excluding carboxylic acids is 3. The summed E-state index contributed by atoms with van der Waals surface area (Å²) in [5, 5.41) is 2.97. The number of rotatable bonds is 5. The summed E-state index contributed by atoms with van der Waals surface area (Å²) in [4.78, 5) is 38.1. The number of nitrogens with zero attached hydrogens (tertiary/aromatic N) is 1. The minimum Gasteiger partial charge on any atom is -0.452 e. The molecule has 1 atom stereocenters. The van der Waals surface area contributed by atoms with E-state index < -0.39 is 5.97 Å². The number of anilines is 1. The van der Waals surface area contributed by atoms with Gasteiger partial charge in [0.25, 0.3) is 5.91 Å². The van der Waals surface area contributed by atoms with E-state index in [1.54, 1.807) is 29.2 Å². The van der Waals surface area contributed by atoms with Gasteiger partial charge in [-0.2, -0.15) is 0 Å². The van der Waals surface area contributed by atoms with Crippen LogP contribution in [0.2, 0.25) is 0 Å². The first-order valence-corrected chi connectivity index (χ1v) is 10.1. The number of benzene rings is 2. The maximum Gasteiger partial charge on any atom is 0.338 e. The Labute approximate surface area is 169 Å². The molecule has 1 aliphatic heterocycles. The van der Waals surface area contributed by atoms with E-state index in [0.717, 1.165) is 36.9 Å². The van der Waals surface area contributed by atoms with Crippen molar-refractivity contribution in [1.82, 2.24) is 5.32 Å². The van der Waals surface area contributed by atoms with Gasteiger partial charge in [-0.05, 0) is 61.1 Å². The number of hydrogen-bond acceptors (Lipinski definition) is 4. The average molecular weight is 392 g/mol. The zero-order valence-corrected chi connectivity index (χ0v) is 16.2. The topological polar surface area (TPSA) is 75.7 Å². The lowest BCUT2D eigenvalue weighted by molar-refractivity contribution is -0.125. The van der Waals surface area contributed by atoms with Gasteiger partial charge < -0.3 is 15.0 Å². The first-order valence-electron chi connectivity index (χ1n) is 10.1. The third-order valence-corrected chi connectivity index (χ3v) is 5.53. The number of hydrogen-bond donors (Lipinski definition) is 1. The van der Waals surface area contributed by atoms with Crippen LogP contribution in [0.5, 0.6) is 0 Å². The van der Waals surface area contributed by atoms with Crippen LogP contribution < -0.4 is 10.2 Å². The summed E-state index contributed by atoms with van der Waals surface area (Å²) in [6.45, 7) is 0.386. The molecule has 1 fully saturated rings. The molecular formula is C23H24N2O4. The predicted molar refractivity (Wildman–Crippen MR) is 109 cm³/mol. The summed E-state index contributed by atoms with van der Waals surface area (Å²) in [6, 6.07) is 14.8. The third-order valence-electron chi connectivity index (χ3n) is 5.53. The number of nitrogens with one attached hydrogen (secondary N) is 1. The lowest BCUT2D eigenvalue weighted by Gasteiger charge is -2.26. The molecule has 6 nitrogen and oxygen atoms in total. The predicted octanol–water partition coefficient (Wildman–Crippen LogP) is 3.16. The molecule has 0 spiro atoms. The molecule has 0 bridgehead atoms. The maximum atomic E-state index is 12.3. The van der Waals surface area contributed by atoms with Crippen molar-refractivity contribution in [3.63, 3.8) is 0 Å². The van der Waals surface area contributed by atoms with E-state index in [1.807, 2.05) is 18.2 Å². The van der Waals surface area contributed by atoms with Gasteiger partial charge in [-0.25, -0.2) is 4.79 Å². The highest BCUT2D eigenvalue weighted by molar-refractivity contribution is 5.96. The molecule has 1 N–H and O–H groups in total. The van der Waals surface area contributed by atoms with Crippen molar-refractivity contribution >= 4 is 23.5 Å². The molecule has 2 aromatic carbocycles. The Kier molecular flexibility index (Phi) is 5.60. The van der Waals surface area contributed by atoms with Gasteiger partial charge in [0.1, 0.15) is 0 Å². The number of carbonyl (C=O) groups is 3. The smallest absolute Gasteiger partial charge is 0.338 e. The summed E-state index contributed by atoms with van der Waals surface area (Å²) in [6.07, 6.45) is 4.34. The monoisotopic (exact) mass is 392 g/mol. The van der Waals surface area contributed by atoms with Crippen molar-refractivity contribution in [3.05, 3.63) is 65.2 Å². The molecule has 4 rings (SSSR count). The minimum absolute atomic E-state index is 0.0385. The van der Waals surface area contributed by atoms with Crippen molar-refractivity contribution in [1.29, 1.82) is 0 Å². The van der Waals surface area contributed by atoms with E-state index in [1.165, 1.54) is 5.56 Å². The van der Waals surface area contributed by atoms with Crippen LogP contribution in [0.4, 0.5) is 5.69 Å². The normalized spacial score (nSPS) is 18.3. The minimum atomic E-state index is -0.552. The number of ether oxygens (including phenoxy) is 1. The van der Waals surface area contributed by atoms with Crippen LogP contribution in [-0.4, -0.2) is 30.9 Å². The number of fused-ring (bicyclic) bond motifs is 1. The van der Waals surface area contributed by atoms with Crippen LogP contribution in [0.3, 0.4) is 0 Å². The fourth-order valence-corrected chi connectivity index (χ4v) is 4.05. The van der Waals surface area contributed by atoms with Crippen molar-refractivity contribution in [2.45, 2.75) is 38.1 Å². The Bertz CT molecular complexity index is 923. The largest absolute Gasteiger partial charge is 0.452 e. The van der Waals surface area contributed by atoms with Gasteiger partial charge in [0.2, 0.25) is 5.91 Å². The Hall–Kier alpha value is -3.15. The van der Waals surface area contributed by atoms with Crippen LogP contribution in [-0.2, 0) is 20.7 Å². The van der Waals surface area contributed by atoms with Gasteiger partial charge in [0.15, 0.2) is 6.61 Å². The Morgan fingerprint density at radius 3 is 2.59 bits per heavy atom. The van der Waals surface area contributed by atoms with Gasteiger partial charge in [-0.15, -0.1) is 0 Å². The van der Waals surface area contributed by atoms with Gasteiger partial charge in [-0.1, -0.05) is 24.3 Å². The highest BCUT2D eigenvalue weighted by Crippen LogP contribution is 2.29. The third kappa shape index (κ3) is 4.31. The molecule has 1 aliphatic carbocycles. The standard InChI is InChI=1S/C23H24N2O4/c26-21(24-20-8-3-6-16-5-1-2-7-19(16)20)15-29-23(28)17-10-12-18(13-11-17)25-14-4-9-22(25)27/h1-2,5,7,10-13,20H,3-4,6,8-9,14-15H2,(H,24,26)/t20-/m0/s1. The molecule has 1 heterocycles. The molecule has 2 aliphatic rings. The van der Waals surface area contributed by atoms with E-state index in [-0.39, 0.29) is 24.5 Å². The summed E-state index contributed by atoms with van der Waals surface area (Å²) < 4.78 is 5.17. The van der Waals surface area contributed by atoms with E-state index in [0.29, 0.717) is 18.5 Å². The molecule has 0 unspecified atom stereocenters. The Morgan fingerprint density at radius 2 is 1.83 bits per heavy atom.